The lowest BCUT2D eigenvalue weighted by molar-refractivity contribution is -0.136. The number of primary amides is 1. The smallest absolute Gasteiger partial charge is 0.349 e. The molecular formula is C20H18N2O6. The van der Waals surface area contributed by atoms with Crippen LogP contribution in [0.4, 0.5) is 0 Å². The average molecular weight is 382 g/mol. The van der Waals surface area contributed by atoms with Crippen LogP contribution in [0.1, 0.15) is 5.56 Å². The van der Waals surface area contributed by atoms with Gasteiger partial charge < -0.3 is 24.7 Å². The summed E-state index contributed by atoms with van der Waals surface area (Å²) in [6, 6.07) is 13.0. The Morgan fingerprint density at radius 3 is 2.29 bits per heavy atom. The first-order valence-electron chi connectivity index (χ1n) is 8.04. The van der Waals surface area contributed by atoms with Crippen molar-refractivity contribution in [1.29, 1.82) is 5.26 Å². The van der Waals surface area contributed by atoms with Crippen LogP contribution in [0.15, 0.2) is 48.0 Å². The van der Waals surface area contributed by atoms with Crippen molar-refractivity contribution in [3.63, 3.8) is 0 Å². The third-order valence-electron chi connectivity index (χ3n) is 3.52. The Kier molecular flexibility index (Phi) is 6.99. The maximum Gasteiger partial charge on any atom is 0.349 e. The number of methoxy groups -OCH3 is 2. The van der Waals surface area contributed by atoms with Crippen molar-refractivity contribution in [3.8, 4) is 29.1 Å². The number of esters is 1. The largest absolute Gasteiger partial charge is 0.497 e. The van der Waals surface area contributed by atoms with E-state index in [1.54, 1.807) is 43.5 Å². The molecule has 2 N–H and O–H groups in total. The van der Waals surface area contributed by atoms with Crippen molar-refractivity contribution in [2.75, 3.05) is 20.8 Å². The van der Waals surface area contributed by atoms with Crippen LogP contribution in [-0.4, -0.2) is 32.7 Å². The van der Waals surface area contributed by atoms with Gasteiger partial charge in [-0.25, -0.2) is 4.79 Å². The van der Waals surface area contributed by atoms with Crippen LogP contribution in [0.25, 0.3) is 6.08 Å². The molecule has 0 fully saturated rings. The van der Waals surface area contributed by atoms with E-state index >= 15 is 0 Å². The molecule has 0 aliphatic rings. The molecule has 8 nitrogen and oxygen atoms in total. The van der Waals surface area contributed by atoms with Gasteiger partial charge in [0, 0.05) is 0 Å². The highest BCUT2D eigenvalue weighted by molar-refractivity contribution is 6.00. The number of nitrogens with two attached hydrogens (primary N) is 1. The Balaban J connectivity index is 2.05. The van der Waals surface area contributed by atoms with Gasteiger partial charge in [0.15, 0.2) is 18.1 Å². The van der Waals surface area contributed by atoms with E-state index in [9.17, 15) is 9.59 Å². The molecule has 0 heterocycles. The van der Waals surface area contributed by atoms with Crippen molar-refractivity contribution in [3.05, 3.63) is 53.6 Å². The predicted octanol–water partition coefficient (Wildman–Crippen LogP) is 2.08. The molecule has 144 valence electrons. The van der Waals surface area contributed by atoms with Crippen LogP contribution in [-0.2, 0) is 9.59 Å². The molecule has 8 heteroatoms. The van der Waals surface area contributed by atoms with Crippen LogP contribution in [0, 0.1) is 11.3 Å². The topological polar surface area (TPSA) is 121 Å². The molecule has 0 saturated heterocycles. The molecular weight excluding hydrogens is 364 g/mol. The number of rotatable bonds is 8. The molecule has 0 aliphatic carbocycles. The van der Waals surface area contributed by atoms with Crippen molar-refractivity contribution in [2.24, 2.45) is 5.73 Å². The molecule has 28 heavy (non-hydrogen) atoms. The van der Waals surface area contributed by atoms with Crippen molar-refractivity contribution >= 4 is 18.0 Å². The first-order chi connectivity index (χ1) is 13.5. The van der Waals surface area contributed by atoms with Gasteiger partial charge in [0.2, 0.25) is 0 Å². The normalized spacial score (nSPS) is 10.5. The number of amides is 1. The van der Waals surface area contributed by atoms with Crippen molar-refractivity contribution in [2.45, 2.75) is 0 Å². The molecule has 2 rings (SSSR count). The maximum atomic E-state index is 12.0. The van der Waals surface area contributed by atoms with E-state index in [1.165, 1.54) is 25.3 Å². The Bertz CT molecular complexity index is 929. The fourth-order valence-corrected chi connectivity index (χ4v) is 2.15. The highest BCUT2D eigenvalue weighted by Crippen LogP contribution is 2.29. The summed E-state index contributed by atoms with van der Waals surface area (Å²) in [7, 11) is 2.95. The van der Waals surface area contributed by atoms with Gasteiger partial charge in [-0.15, -0.1) is 0 Å². The second-order valence-electron chi connectivity index (χ2n) is 5.38. The number of nitriles is 1. The molecule has 0 unspecified atom stereocenters. The van der Waals surface area contributed by atoms with Crippen LogP contribution in [0.5, 0.6) is 23.0 Å². The summed E-state index contributed by atoms with van der Waals surface area (Å²) in [5, 5.41) is 8.90. The zero-order valence-electron chi connectivity index (χ0n) is 15.3. The van der Waals surface area contributed by atoms with Gasteiger partial charge in [0.05, 0.1) is 14.2 Å². The molecule has 2 aromatic rings. The molecule has 0 bridgehead atoms. The molecule has 0 radical (unpaired) electrons. The summed E-state index contributed by atoms with van der Waals surface area (Å²) in [6.07, 6.45) is 1.31. The minimum Gasteiger partial charge on any atom is -0.497 e. The van der Waals surface area contributed by atoms with Gasteiger partial charge in [-0.3, -0.25) is 4.79 Å². The van der Waals surface area contributed by atoms with Crippen LogP contribution >= 0.6 is 0 Å². The summed E-state index contributed by atoms with van der Waals surface area (Å²) in [5.74, 6) is 0.0964. The number of ether oxygens (including phenoxy) is 4. The minimum absolute atomic E-state index is 0.167. The van der Waals surface area contributed by atoms with E-state index in [4.69, 9.17) is 29.9 Å². The molecule has 0 spiro atoms. The zero-order chi connectivity index (χ0) is 20.5. The van der Waals surface area contributed by atoms with Crippen LogP contribution < -0.4 is 24.7 Å². The summed E-state index contributed by atoms with van der Waals surface area (Å²) in [5.41, 5.74) is 5.39. The van der Waals surface area contributed by atoms with Crippen LogP contribution in [0.2, 0.25) is 0 Å². The fraction of sp³-hybridized carbons (Fsp3) is 0.150. The zero-order valence-corrected chi connectivity index (χ0v) is 15.3. The van der Waals surface area contributed by atoms with Crippen molar-refractivity contribution in [1.82, 2.24) is 0 Å². The Morgan fingerprint density at radius 1 is 1.04 bits per heavy atom. The number of hydrogen-bond acceptors (Lipinski definition) is 7. The number of hydrogen-bond donors (Lipinski definition) is 1. The molecule has 1 amide bonds. The van der Waals surface area contributed by atoms with Gasteiger partial charge in [-0.2, -0.15) is 5.26 Å². The van der Waals surface area contributed by atoms with E-state index in [0.717, 1.165) is 0 Å². The van der Waals surface area contributed by atoms with E-state index in [-0.39, 0.29) is 23.7 Å². The summed E-state index contributed by atoms with van der Waals surface area (Å²) in [6.45, 7) is -0.308. The standard InChI is InChI=1S/C20H18N2O6/c1-25-15-4-6-16(7-5-15)27-12-19(23)28-17-8-3-13(10-18(17)26-2)9-14(11-21)20(22)24/h3-10H,12H2,1-2H3,(H2,22,24)/b14-9+. The van der Waals surface area contributed by atoms with Crippen LogP contribution in [0.3, 0.4) is 0 Å². The Hall–Kier alpha value is -3.99. The third kappa shape index (κ3) is 5.51. The van der Waals surface area contributed by atoms with Gasteiger partial charge in [-0.05, 0) is 48.0 Å². The predicted molar refractivity (Wildman–Crippen MR) is 99.9 cm³/mol. The lowest BCUT2D eigenvalue weighted by Crippen LogP contribution is -2.18. The van der Waals surface area contributed by atoms with Gasteiger partial charge in [0.25, 0.3) is 5.91 Å². The lowest BCUT2D eigenvalue weighted by atomic mass is 10.1. The van der Waals surface area contributed by atoms with Gasteiger partial charge >= 0.3 is 5.97 Å². The third-order valence-corrected chi connectivity index (χ3v) is 3.52. The fourth-order valence-electron chi connectivity index (χ4n) is 2.15. The highest BCUT2D eigenvalue weighted by atomic mass is 16.6. The molecule has 2 aromatic carbocycles. The van der Waals surface area contributed by atoms with Gasteiger partial charge in [0.1, 0.15) is 23.1 Å². The summed E-state index contributed by atoms with van der Waals surface area (Å²) in [4.78, 5) is 23.2. The molecule has 0 aromatic heterocycles. The SMILES string of the molecule is COc1ccc(OCC(=O)Oc2ccc(/C=C(\C#N)C(N)=O)cc2OC)cc1. The second-order valence-corrected chi connectivity index (χ2v) is 5.38. The van der Waals surface area contributed by atoms with E-state index in [0.29, 0.717) is 17.1 Å². The monoisotopic (exact) mass is 382 g/mol. The molecule has 0 aliphatic heterocycles. The van der Waals surface area contributed by atoms with Crippen molar-refractivity contribution < 1.29 is 28.5 Å². The number of nitrogens with zero attached hydrogens (tertiary/aromatic N) is 1. The maximum absolute atomic E-state index is 12.0. The average Bonchev–Trinajstić information content (AvgIpc) is 2.71. The number of carbonyl (C=O) groups is 2. The summed E-state index contributed by atoms with van der Waals surface area (Å²) < 4.78 is 20.8. The van der Waals surface area contributed by atoms with Gasteiger partial charge in [-0.1, -0.05) is 6.07 Å². The van der Waals surface area contributed by atoms with E-state index < -0.39 is 11.9 Å². The Labute approximate surface area is 161 Å². The molecule has 0 saturated carbocycles. The minimum atomic E-state index is -0.840. The quantitative estimate of drug-likeness (QED) is 0.321. The Morgan fingerprint density at radius 2 is 1.71 bits per heavy atom. The van der Waals surface area contributed by atoms with E-state index in [1.807, 2.05) is 0 Å². The second kappa shape index (κ2) is 9.64. The highest BCUT2D eigenvalue weighted by Gasteiger charge is 2.12. The number of carbonyl (C=O) groups excluding carboxylic acids is 2. The first kappa shape index (κ1) is 20.3. The molecule has 0 atom stereocenters. The summed E-state index contributed by atoms with van der Waals surface area (Å²) >= 11 is 0. The first-order valence-corrected chi connectivity index (χ1v) is 8.04. The number of benzene rings is 2. The van der Waals surface area contributed by atoms with E-state index in [2.05, 4.69) is 0 Å². The lowest BCUT2D eigenvalue weighted by Gasteiger charge is -2.11.